The van der Waals surface area contributed by atoms with Crippen LogP contribution >= 0.6 is 27.5 Å². The first-order valence-corrected chi connectivity index (χ1v) is 4.54. The minimum atomic E-state index is -2.71. The Hall–Kier alpha value is -0.750. The van der Waals surface area contributed by atoms with E-state index in [2.05, 4.69) is 20.9 Å². The van der Waals surface area contributed by atoms with E-state index in [0.717, 1.165) is 6.07 Å². The van der Waals surface area contributed by atoms with Gasteiger partial charge in [-0.25, -0.2) is 13.8 Å². The number of carbonyl (C=O) groups excluding carboxylic acids is 1. The van der Waals surface area contributed by atoms with Crippen LogP contribution in [-0.2, 0) is 0 Å². The number of hydrogen-bond acceptors (Lipinski definition) is 3. The Kier molecular flexibility index (Phi) is 3.38. The van der Waals surface area contributed by atoms with Crippen LogP contribution in [0.3, 0.4) is 0 Å². The number of carbonyl (C=O) groups is 1. The molecule has 0 bridgehead atoms. The smallest absolute Gasteiger partial charge is 0.272 e. The Morgan fingerprint density at radius 2 is 2.21 bits per heavy atom. The van der Waals surface area contributed by atoms with E-state index in [1.807, 2.05) is 0 Å². The maximum atomic E-state index is 12.3. The summed E-state index contributed by atoms with van der Waals surface area (Å²) in [6, 6.07) is 0.970. The van der Waals surface area contributed by atoms with E-state index < -0.39 is 11.7 Å². The second kappa shape index (κ2) is 4.18. The summed E-state index contributed by atoms with van der Waals surface area (Å²) >= 11 is 7.92. The van der Waals surface area contributed by atoms with Crippen molar-refractivity contribution in [2.45, 2.75) is 6.43 Å². The van der Waals surface area contributed by atoms with Crippen LogP contribution in [0.4, 0.5) is 14.5 Å². The van der Waals surface area contributed by atoms with Crippen molar-refractivity contribution >= 4 is 38.5 Å². The summed E-state index contributed by atoms with van der Waals surface area (Å²) in [7, 11) is 0. The molecule has 0 spiro atoms. The lowest BCUT2D eigenvalue weighted by Gasteiger charge is -2.06. The fraction of sp³-hybridized carbons (Fsp3) is 0.143. The lowest BCUT2D eigenvalue weighted by molar-refractivity contribution is 0.107. The normalized spacial score (nSPS) is 10.6. The van der Waals surface area contributed by atoms with Crippen LogP contribution < -0.4 is 5.73 Å². The average molecular weight is 285 g/mol. The third-order valence-corrected chi connectivity index (χ3v) is 2.27. The zero-order chi connectivity index (χ0) is 10.9. The third kappa shape index (κ3) is 2.19. The monoisotopic (exact) mass is 284 g/mol. The molecule has 1 heterocycles. The van der Waals surface area contributed by atoms with Gasteiger partial charge in [0.05, 0.1) is 11.3 Å². The predicted molar refractivity (Wildman–Crippen MR) is 51.5 cm³/mol. The molecule has 1 rings (SSSR count). The topological polar surface area (TPSA) is 56.0 Å². The number of alkyl halides is 2. The zero-order valence-corrected chi connectivity index (χ0v) is 8.94. The van der Waals surface area contributed by atoms with Gasteiger partial charge in [-0.1, -0.05) is 0 Å². The van der Waals surface area contributed by atoms with Crippen molar-refractivity contribution in [1.82, 2.24) is 4.98 Å². The van der Waals surface area contributed by atoms with Crippen molar-refractivity contribution in [3.05, 3.63) is 21.9 Å². The van der Waals surface area contributed by atoms with Crippen molar-refractivity contribution in [2.24, 2.45) is 0 Å². The molecular formula is C7H4BrClF2N2O. The van der Waals surface area contributed by atoms with Crippen molar-refractivity contribution in [3.63, 3.8) is 0 Å². The van der Waals surface area contributed by atoms with E-state index in [1.165, 1.54) is 0 Å². The number of aromatic nitrogens is 1. The van der Waals surface area contributed by atoms with E-state index in [9.17, 15) is 13.6 Å². The zero-order valence-electron chi connectivity index (χ0n) is 6.60. The first kappa shape index (κ1) is 11.3. The molecule has 0 aliphatic carbocycles. The number of pyridine rings is 1. The Labute approximate surface area is 91.4 Å². The molecule has 0 unspecified atom stereocenters. The van der Waals surface area contributed by atoms with Gasteiger partial charge in [-0.2, -0.15) is 0 Å². The molecule has 0 saturated carbocycles. The second-order valence-electron chi connectivity index (χ2n) is 2.38. The molecule has 0 aromatic carbocycles. The Bertz CT molecular complexity index is 386. The van der Waals surface area contributed by atoms with Crippen LogP contribution in [0.25, 0.3) is 0 Å². The van der Waals surface area contributed by atoms with Gasteiger partial charge >= 0.3 is 0 Å². The van der Waals surface area contributed by atoms with Gasteiger partial charge in [0.15, 0.2) is 0 Å². The minimum absolute atomic E-state index is 0.134. The van der Waals surface area contributed by atoms with Crippen molar-refractivity contribution < 1.29 is 13.6 Å². The van der Waals surface area contributed by atoms with Crippen LogP contribution in [0.2, 0.25) is 0 Å². The maximum absolute atomic E-state index is 12.3. The molecule has 1 aromatic rings. The Morgan fingerprint density at radius 1 is 1.64 bits per heavy atom. The van der Waals surface area contributed by atoms with E-state index in [0.29, 0.717) is 0 Å². The number of rotatable bonds is 2. The van der Waals surface area contributed by atoms with Crippen molar-refractivity contribution in [3.8, 4) is 0 Å². The fourth-order valence-corrected chi connectivity index (χ4v) is 1.45. The van der Waals surface area contributed by atoms with Crippen LogP contribution in [0.5, 0.6) is 0 Å². The number of hydrogen-bond donors (Lipinski definition) is 1. The van der Waals surface area contributed by atoms with E-state index in [-0.39, 0.29) is 21.5 Å². The van der Waals surface area contributed by atoms with Crippen LogP contribution in [-0.4, -0.2) is 10.2 Å². The SMILES string of the molecule is Nc1cc(C(F)F)c(Br)nc1C(=O)Cl. The maximum Gasteiger partial charge on any atom is 0.272 e. The number of nitrogen functional groups attached to an aromatic ring is 1. The highest BCUT2D eigenvalue weighted by Crippen LogP contribution is 2.29. The molecule has 0 aliphatic heterocycles. The van der Waals surface area contributed by atoms with Gasteiger partial charge in [0.2, 0.25) is 0 Å². The number of nitrogens with two attached hydrogens (primary N) is 1. The summed E-state index contributed by atoms with van der Waals surface area (Å²) in [4.78, 5) is 14.2. The summed E-state index contributed by atoms with van der Waals surface area (Å²) in [5, 5.41) is -0.885. The highest BCUT2D eigenvalue weighted by atomic mass is 79.9. The van der Waals surface area contributed by atoms with E-state index in [1.54, 1.807) is 0 Å². The molecule has 0 aliphatic rings. The summed E-state index contributed by atoms with van der Waals surface area (Å²) < 4.78 is 24.5. The van der Waals surface area contributed by atoms with Gasteiger partial charge in [0.1, 0.15) is 10.3 Å². The summed E-state index contributed by atoms with van der Waals surface area (Å²) in [6.07, 6.45) is -2.71. The molecule has 0 atom stereocenters. The molecule has 0 fully saturated rings. The number of halogens is 4. The van der Waals surface area contributed by atoms with E-state index >= 15 is 0 Å². The van der Waals surface area contributed by atoms with Gasteiger partial charge in [-0.3, -0.25) is 4.79 Å². The Morgan fingerprint density at radius 3 is 2.64 bits per heavy atom. The average Bonchev–Trinajstić information content (AvgIpc) is 2.07. The first-order valence-electron chi connectivity index (χ1n) is 3.37. The molecule has 0 amide bonds. The standard InChI is InChI=1S/C7H4BrClF2N2O/c8-5-2(7(10)11)1-3(12)4(13-5)6(9)14/h1,7H,12H2. The fourth-order valence-electron chi connectivity index (χ4n) is 0.833. The third-order valence-electron chi connectivity index (χ3n) is 1.45. The highest BCUT2D eigenvalue weighted by molar-refractivity contribution is 9.10. The molecule has 76 valence electrons. The van der Waals surface area contributed by atoms with Crippen molar-refractivity contribution in [2.75, 3.05) is 5.73 Å². The highest BCUT2D eigenvalue weighted by Gasteiger charge is 2.18. The van der Waals surface area contributed by atoms with Crippen molar-refractivity contribution in [1.29, 1.82) is 0 Å². The molecule has 14 heavy (non-hydrogen) atoms. The van der Waals surface area contributed by atoms with Gasteiger partial charge in [0, 0.05) is 0 Å². The minimum Gasteiger partial charge on any atom is -0.397 e. The first-order chi connectivity index (χ1) is 6.43. The summed E-state index contributed by atoms with van der Waals surface area (Å²) in [5.41, 5.74) is 4.54. The Balaban J connectivity index is 3.31. The van der Waals surface area contributed by atoms with E-state index in [4.69, 9.17) is 17.3 Å². The number of nitrogens with zero attached hydrogens (tertiary/aromatic N) is 1. The molecule has 1 aromatic heterocycles. The molecule has 7 heteroatoms. The van der Waals surface area contributed by atoms with Crippen LogP contribution in [0, 0.1) is 0 Å². The van der Waals surface area contributed by atoms with Gasteiger partial charge in [-0.15, -0.1) is 0 Å². The molecule has 0 saturated heterocycles. The summed E-state index contributed by atoms with van der Waals surface area (Å²) in [6.45, 7) is 0. The lowest BCUT2D eigenvalue weighted by Crippen LogP contribution is -2.04. The van der Waals surface area contributed by atoms with Gasteiger partial charge in [0.25, 0.3) is 11.7 Å². The molecular weight excluding hydrogens is 281 g/mol. The summed E-state index contributed by atoms with van der Waals surface area (Å²) in [5.74, 6) is 0. The quantitative estimate of drug-likeness (QED) is 0.671. The van der Waals surface area contributed by atoms with Gasteiger partial charge < -0.3 is 5.73 Å². The van der Waals surface area contributed by atoms with Gasteiger partial charge in [-0.05, 0) is 33.6 Å². The lowest BCUT2D eigenvalue weighted by atomic mass is 10.2. The van der Waals surface area contributed by atoms with Crippen LogP contribution in [0.15, 0.2) is 10.7 Å². The predicted octanol–water partition coefficient (Wildman–Crippen LogP) is 2.74. The number of anilines is 1. The molecule has 2 N–H and O–H groups in total. The largest absolute Gasteiger partial charge is 0.397 e. The second-order valence-corrected chi connectivity index (χ2v) is 3.48. The van der Waals surface area contributed by atoms with Crippen LogP contribution in [0.1, 0.15) is 22.5 Å². The molecule has 0 radical (unpaired) electrons. The molecule has 3 nitrogen and oxygen atoms in total.